The first kappa shape index (κ1) is 17.2. The monoisotopic (exact) mass is 319 g/mol. The molecule has 0 aromatic carbocycles. The number of hydrogen-bond donors (Lipinski definition) is 2. The minimum atomic E-state index is -4.31. The average molecular weight is 319 g/mol. The van der Waals surface area contributed by atoms with Gasteiger partial charge in [0.05, 0.1) is 18.2 Å². The zero-order valence-electron chi connectivity index (χ0n) is 11.3. The fraction of sp³-hybridized carbons (Fsp3) is 0.556. The Bertz CT molecular complexity index is 727. The van der Waals surface area contributed by atoms with Crippen LogP contribution in [0.15, 0.2) is 21.0 Å². The summed E-state index contributed by atoms with van der Waals surface area (Å²) in [6, 6.07) is 0. The minimum Gasteiger partial charge on any atom is -0.364 e. The summed E-state index contributed by atoms with van der Waals surface area (Å²) in [6.45, 7) is 2.87. The lowest BCUT2D eigenvalue weighted by molar-refractivity contribution is 0.0743. The summed E-state index contributed by atoms with van der Waals surface area (Å²) in [4.78, 5) is 43.3. The maximum atomic E-state index is 11.9. The van der Waals surface area contributed by atoms with E-state index in [4.69, 9.17) is 20.1 Å². The number of aromatic nitrogens is 2. The molecular weight excluding hydrogens is 305 g/mol. The van der Waals surface area contributed by atoms with Crippen molar-refractivity contribution in [3.05, 3.63) is 43.0 Å². The van der Waals surface area contributed by atoms with Crippen LogP contribution in [0.5, 0.6) is 0 Å². The van der Waals surface area contributed by atoms with Gasteiger partial charge in [-0.1, -0.05) is 4.68 Å². The van der Waals surface area contributed by atoms with Gasteiger partial charge in [-0.25, -0.2) is 9.59 Å². The standard InChI is InChI=1S/C9H14N5O6P/c1-6-3-13(4-7(2)20-5-21(17,18)19)9(16)14(8(6)15)12-11-10/h3,7H,4-5H2,1-2H3,(H2,17,18,19). The molecule has 0 saturated heterocycles. The first-order valence-electron chi connectivity index (χ1n) is 5.70. The highest BCUT2D eigenvalue weighted by molar-refractivity contribution is 7.51. The van der Waals surface area contributed by atoms with Gasteiger partial charge in [0.1, 0.15) is 6.35 Å². The molecule has 1 aromatic rings. The molecule has 1 aromatic heterocycles. The lowest BCUT2D eigenvalue weighted by Gasteiger charge is -2.14. The van der Waals surface area contributed by atoms with E-state index in [1.165, 1.54) is 20.0 Å². The summed E-state index contributed by atoms with van der Waals surface area (Å²) in [6.07, 6.45) is -0.227. The molecule has 1 unspecified atom stereocenters. The number of azide groups is 1. The van der Waals surface area contributed by atoms with Gasteiger partial charge >= 0.3 is 18.8 Å². The average Bonchev–Trinajstić information content (AvgIpc) is 2.38. The third kappa shape index (κ3) is 4.85. The van der Waals surface area contributed by atoms with Gasteiger partial charge < -0.3 is 14.5 Å². The number of rotatable bonds is 6. The van der Waals surface area contributed by atoms with Crippen LogP contribution in [0.3, 0.4) is 0 Å². The summed E-state index contributed by atoms with van der Waals surface area (Å²) >= 11 is 0. The van der Waals surface area contributed by atoms with E-state index in [1.54, 1.807) is 0 Å². The molecule has 0 saturated carbocycles. The number of nitrogens with zero attached hydrogens (tertiary/aromatic N) is 5. The van der Waals surface area contributed by atoms with Crippen molar-refractivity contribution in [3.63, 3.8) is 0 Å². The molecule has 21 heavy (non-hydrogen) atoms. The van der Waals surface area contributed by atoms with E-state index in [9.17, 15) is 14.2 Å². The molecule has 0 spiro atoms. The molecule has 1 rings (SSSR count). The largest absolute Gasteiger partial charge is 0.426 e. The summed E-state index contributed by atoms with van der Waals surface area (Å²) in [7, 11) is -4.31. The Morgan fingerprint density at radius 3 is 2.67 bits per heavy atom. The van der Waals surface area contributed by atoms with Crippen molar-refractivity contribution < 1.29 is 19.1 Å². The second kappa shape index (κ2) is 6.70. The molecule has 0 aliphatic carbocycles. The summed E-state index contributed by atoms with van der Waals surface area (Å²) < 4.78 is 17.0. The molecule has 1 heterocycles. The van der Waals surface area contributed by atoms with Crippen molar-refractivity contribution in [1.29, 1.82) is 0 Å². The van der Waals surface area contributed by atoms with Crippen molar-refractivity contribution in [1.82, 2.24) is 9.24 Å². The SMILES string of the molecule is Cc1cn(CC(C)OCP(=O)(O)O)c(=O)n(N=[N+]=[N-])c1=O. The molecule has 2 N–H and O–H groups in total. The van der Waals surface area contributed by atoms with E-state index in [0.29, 0.717) is 4.68 Å². The van der Waals surface area contributed by atoms with Gasteiger partial charge in [-0.15, -0.1) is 5.53 Å². The number of aryl methyl sites for hydroxylation is 1. The van der Waals surface area contributed by atoms with Gasteiger partial charge in [0.15, 0.2) is 0 Å². The molecule has 11 nitrogen and oxygen atoms in total. The maximum absolute atomic E-state index is 11.9. The molecule has 1 atom stereocenters. The first-order valence-corrected chi connectivity index (χ1v) is 7.50. The quantitative estimate of drug-likeness (QED) is 0.323. The Morgan fingerprint density at radius 1 is 1.52 bits per heavy atom. The highest BCUT2D eigenvalue weighted by Gasteiger charge is 2.18. The molecule has 0 amide bonds. The molecule has 0 fully saturated rings. The Morgan fingerprint density at radius 2 is 2.14 bits per heavy atom. The first-order chi connectivity index (χ1) is 9.65. The second-order valence-electron chi connectivity index (χ2n) is 4.31. The van der Waals surface area contributed by atoms with E-state index in [1.807, 2.05) is 0 Å². The molecule has 0 radical (unpaired) electrons. The zero-order chi connectivity index (χ0) is 16.2. The van der Waals surface area contributed by atoms with Crippen molar-refractivity contribution in [2.24, 2.45) is 5.22 Å². The Labute approximate surface area is 118 Å². The highest BCUT2D eigenvalue weighted by Crippen LogP contribution is 2.34. The summed E-state index contributed by atoms with van der Waals surface area (Å²) in [5.74, 6) is 0. The maximum Gasteiger partial charge on any atom is 0.426 e. The van der Waals surface area contributed by atoms with Crippen molar-refractivity contribution >= 4 is 7.60 Å². The lowest BCUT2D eigenvalue weighted by Crippen LogP contribution is -2.40. The van der Waals surface area contributed by atoms with Crippen LogP contribution in [0, 0.1) is 6.92 Å². The third-order valence-corrected chi connectivity index (χ3v) is 2.90. The predicted octanol–water partition coefficient (Wildman–Crippen LogP) is -0.0679. The van der Waals surface area contributed by atoms with Crippen molar-refractivity contribution in [2.45, 2.75) is 26.5 Å². The van der Waals surface area contributed by atoms with Gasteiger partial charge in [0.25, 0.3) is 0 Å². The Balaban J connectivity index is 3.05. The Hall–Kier alpha value is -1.90. The van der Waals surface area contributed by atoms with Crippen LogP contribution < -0.4 is 11.2 Å². The van der Waals surface area contributed by atoms with Crippen LogP contribution in [-0.4, -0.2) is 31.5 Å². The van der Waals surface area contributed by atoms with Crippen LogP contribution in [0.4, 0.5) is 0 Å². The predicted molar refractivity (Wildman–Crippen MR) is 71.7 cm³/mol. The molecule has 0 aliphatic rings. The van der Waals surface area contributed by atoms with Gasteiger partial charge in [0.2, 0.25) is 0 Å². The van der Waals surface area contributed by atoms with Crippen LogP contribution in [0.2, 0.25) is 0 Å². The summed E-state index contributed by atoms with van der Waals surface area (Å²) in [5.41, 5.74) is 6.91. The van der Waals surface area contributed by atoms with E-state index < -0.39 is 31.3 Å². The van der Waals surface area contributed by atoms with E-state index >= 15 is 0 Å². The normalized spacial score (nSPS) is 12.8. The number of ether oxygens (including phenoxy) is 1. The molecular formula is C9H14N5O6P. The highest BCUT2D eigenvalue weighted by atomic mass is 31.2. The van der Waals surface area contributed by atoms with Crippen LogP contribution in [-0.2, 0) is 15.8 Å². The molecule has 0 aliphatic heterocycles. The lowest BCUT2D eigenvalue weighted by atomic mass is 10.3. The van der Waals surface area contributed by atoms with Crippen molar-refractivity contribution in [2.75, 3.05) is 6.35 Å². The minimum absolute atomic E-state index is 0.0685. The van der Waals surface area contributed by atoms with Crippen LogP contribution >= 0.6 is 7.60 Å². The summed E-state index contributed by atoms with van der Waals surface area (Å²) in [5, 5.41) is 3.01. The van der Waals surface area contributed by atoms with Gasteiger partial charge in [-0.3, -0.25) is 9.13 Å². The van der Waals surface area contributed by atoms with E-state index in [2.05, 4.69) is 10.1 Å². The van der Waals surface area contributed by atoms with Crippen LogP contribution in [0.1, 0.15) is 12.5 Å². The molecule has 116 valence electrons. The fourth-order valence-electron chi connectivity index (χ4n) is 1.52. The van der Waals surface area contributed by atoms with E-state index in [0.717, 1.165) is 4.57 Å². The van der Waals surface area contributed by atoms with Gasteiger partial charge in [-0.2, -0.15) is 4.91 Å². The topological polar surface area (TPSA) is 160 Å². The Kier molecular flexibility index (Phi) is 5.47. The van der Waals surface area contributed by atoms with E-state index in [-0.39, 0.29) is 12.1 Å². The third-order valence-electron chi connectivity index (χ3n) is 2.42. The molecule has 0 bridgehead atoms. The van der Waals surface area contributed by atoms with Gasteiger partial charge in [-0.05, 0) is 19.1 Å². The number of hydrogen-bond acceptors (Lipinski definition) is 5. The smallest absolute Gasteiger partial charge is 0.364 e. The molecule has 12 heteroatoms. The van der Waals surface area contributed by atoms with Crippen LogP contribution in [0.25, 0.3) is 10.4 Å². The van der Waals surface area contributed by atoms with Gasteiger partial charge in [0, 0.05) is 6.20 Å². The zero-order valence-corrected chi connectivity index (χ0v) is 12.2. The van der Waals surface area contributed by atoms with Crippen molar-refractivity contribution in [3.8, 4) is 0 Å². The fourth-order valence-corrected chi connectivity index (χ4v) is 1.97. The second-order valence-corrected chi connectivity index (χ2v) is 5.90.